The zero-order valence-electron chi connectivity index (χ0n) is 7.12. The lowest BCUT2D eigenvalue weighted by Gasteiger charge is -2.30. The smallest absolute Gasteiger partial charge is 0.0620 e. The minimum atomic E-state index is -0.251. The minimum Gasteiger partial charge on any atom is -0.393 e. The van der Waals surface area contributed by atoms with Crippen molar-refractivity contribution < 1.29 is 14.6 Å². The van der Waals surface area contributed by atoms with Crippen molar-refractivity contribution in [2.75, 3.05) is 14.2 Å². The Morgan fingerprint density at radius 3 is 1.82 bits per heavy atom. The number of methoxy groups -OCH3 is 2. The van der Waals surface area contributed by atoms with E-state index in [2.05, 4.69) is 0 Å². The summed E-state index contributed by atoms with van der Waals surface area (Å²) in [6.45, 7) is 0. The maximum atomic E-state index is 9.35. The van der Waals surface area contributed by atoms with Gasteiger partial charge in [-0.2, -0.15) is 0 Å². The van der Waals surface area contributed by atoms with Gasteiger partial charge in [0.1, 0.15) is 0 Å². The average Bonchev–Trinajstić information content (AvgIpc) is 2.03. The van der Waals surface area contributed by atoms with Gasteiger partial charge in [-0.25, -0.2) is 0 Å². The Morgan fingerprint density at radius 2 is 1.45 bits per heavy atom. The third kappa shape index (κ3) is 2.43. The van der Waals surface area contributed by atoms with E-state index in [4.69, 9.17) is 9.47 Å². The molecule has 0 aliphatic heterocycles. The van der Waals surface area contributed by atoms with Gasteiger partial charge in [-0.15, -0.1) is 0 Å². The van der Waals surface area contributed by atoms with Crippen LogP contribution in [-0.2, 0) is 9.47 Å². The molecule has 1 fully saturated rings. The van der Waals surface area contributed by atoms with Gasteiger partial charge in [0, 0.05) is 14.2 Å². The Hall–Kier alpha value is -0.120. The zero-order chi connectivity index (χ0) is 8.27. The molecule has 0 heterocycles. The van der Waals surface area contributed by atoms with Crippen LogP contribution in [0.1, 0.15) is 19.3 Å². The predicted molar refractivity (Wildman–Crippen MR) is 41.5 cm³/mol. The molecule has 0 spiro atoms. The molecular formula is C8H16O3. The second-order valence-electron chi connectivity index (χ2n) is 3.08. The van der Waals surface area contributed by atoms with Crippen LogP contribution in [0.4, 0.5) is 0 Å². The first-order valence-electron chi connectivity index (χ1n) is 4.00. The highest BCUT2D eigenvalue weighted by Gasteiger charge is 2.27. The van der Waals surface area contributed by atoms with Gasteiger partial charge in [-0.3, -0.25) is 0 Å². The normalized spacial score (nSPS) is 39.0. The van der Waals surface area contributed by atoms with Crippen LogP contribution >= 0.6 is 0 Å². The van der Waals surface area contributed by atoms with Crippen LogP contribution in [0.5, 0.6) is 0 Å². The number of ether oxygens (including phenoxy) is 2. The molecule has 1 unspecified atom stereocenters. The second kappa shape index (κ2) is 4.04. The summed E-state index contributed by atoms with van der Waals surface area (Å²) in [4.78, 5) is 0. The largest absolute Gasteiger partial charge is 0.393 e. The molecule has 0 radical (unpaired) electrons. The van der Waals surface area contributed by atoms with Crippen molar-refractivity contribution in [3.05, 3.63) is 0 Å². The van der Waals surface area contributed by atoms with Crippen LogP contribution in [0.3, 0.4) is 0 Å². The van der Waals surface area contributed by atoms with Crippen molar-refractivity contribution in [3.63, 3.8) is 0 Å². The van der Waals surface area contributed by atoms with Crippen molar-refractivity contribution in [1.29, 1.82) is 0 Å². The van der Waals surface area contributed by atoms with E-state index in [1.54, 1.807) is 14.2 Å². The number of aliphatic hydroxyl groups excluding tert-OH is 1. The van der Waals surface area contributed by atoms with Gasteiger partial charge in [0.05, 0.1) is 18.3 Å². The Balaban J connectivity index is 2.37. The average molecular weight is 160 g/mol. The van der Waals surface area contributed by atoms with Gasteiger partial charge >= 0.3 is 0 Å². The van der Waals surface area contributed by atoms with E-state index in [0.29, 0.717) is 0 Å². The lowest BCUT2D eigenvalue weighted by atomic mass is 9.92. The van der Waals surface area contributed by atoms with E-state index in [9.17, 15) is 5.11 Å². The van der Waals surface area contributed by atoms with Gasteiger partial charge < -0.3 is 14.6 Å². The summed E-state index contributed by atoms with van der Waals surface area (Å²) in [6, 6.07) is 0. The van der Waals surface area contributed by atoms with Gasteiger partial charge in [0.2, 0.25) is 0 Å². The quantitative estimate of drug-likeness (QED) is 0.641. The first-order valence-corrected chi connectivity index (χ1v) is 4.00. The topological polar surface area (TPSA) is 38.7 Å². The van der Waals surface area contributed by atoms with E-state index >= 15 is 0 Å². The highest BCUT2D eigenvalue weighted by molar-refractivity contribution is 4.79. The van der Waals surface area contributed by atoms with Crippen LogP contribution < -0.4 is 0 Å². The zero-order valence-corrected chi connectivity index (χ0v) is 7.12. The number of hydrogen-bond acceptors (Lipinski definition) is 3. The van der Waals surface area contributed by atoms with Gasteiger partial charge in [-0.05, 0) is 19.3 Å². The summed E-state index contributed by atoms with van der Waals surface area (Å²) in [5.74, 6) is 0. The van der Waals surface area contributed by atoms with Crippen molar-refractivity contribution in [2.45, 2.75) is 37.6 Å². The van der Waals surface area contributed by atoms with Crippen LogP contribution in [0.25, 0.3) is 0 Å². The fraction of sp³-hybridized carbons (Fsp3) is 1.00. The second-order valence-corrected chi connectivity index (χ2v) is 3.08. The summed E-state index contributed by atoms with van der Waals surface area (Å²) >= 11 is 0. The predicted octanol–water partition coefficient (Wildman–Crippen LogP) is 0.561. The molecule has 1 saturated carbocycles. The molecule has 3 atom stereocenters. The maximum absolute atomic E-state index is 9.35. The molecule has 3 heteroatoms. The molecule has 3 nitrogen and oxygen atoms in total. The monoisotopic (exact) mass is 160 g/mol. The Morgan fingerprint density at radius 1 is 1.00 bits per heavy atom. The van der Waals surface area contributed by atoms with E-state index in [0.717, 1.165) is 19.3 Å². The lowest BCUT2D eigenvalue weighted by molar-refractivity contribution is -0.0569. The van der Waals surface area contributed by atoms with Crippen LogP contribution in [0.2, 0.25) is 0 Å². The summed E-state index contributed by atoms with van der Waals surface area (Å²) in [6.07, 6.45) is 2.49. The number of aliphatic hydroxyl groups is 1. The minimum absolute atomic E-state index is 0.170. The van der Waals surface area contributed by atoms with E-state index in [1.807, 2.05) is 0 Å². The lowest BCUT2D eigenvalue weighted by Crippen LogP contribution is -2.34. The Labute approximate surface area is 67.3 Å². The molecule has 0 aromatic heterocycles. The Bertz CT molecular complexity index is 104. The molecule has 1 rings (SSSR count). The first-order chi connectivity index (χ1) is 5.26. The van der Waals surface area contributed by atoms with Crippen molar-refractivity contribution in [1.82, 2.24) is 0 Å². The molecule has 0 aromatic carbocycles. The number of rotatable bonds is 2. The first kappa shape index (κ1) is 8.97. The molecule has 0 bridgehead atoms. The van der Waals surface area contributed by atoms with Gasteiger partial charge in [0.15, 0.2) is 0 Å². The fourth-order valence-electron chi connectivity index (χ4n) is 1.57. The molecule has 11 heavy (non-hydrogen) atoms. The van der Waals surface area contributed by atoms with Crippen LogP contribution in [0, 0.1) is 0 Å². The van der Waals surface area contributed by atoms with Crippen molar-refractivity contribution >= 4 is 0 Å². The SMILES string of the molecule is CO[C@@H]1CC(O)C[C@H](OC)C1. The molecule has 0 amide bonds. The molecule has 0 aromatic rings. The third-order valence-corrected chi connectivity index (χ3v) is 2.26. The standard InChI is InChI=1S/C8H16O3/c1-10-7-3-6(9)4-8(5-7)11-2/h6-9H,3-5H2,1-2H3/t6?,7-,8+. The summed E-state index contributed by atoms with van der Waals surface area (Å²) in [5.41, 5.74) is 0. The van der Waals surface area contributed by atoms with Crippen LogP contribution in [-0.4, -0.2) is 37.6 Å². The summed E-state index contributed by atoms with van der Waals surface area (Å²) in [7, 11) is 3.35. The summed E-state index contributed by atoms with van der Waals surface area (Å²) in [5, 5.41) is 9.35. The molecule has 1 aliphatic carbocycles. The highest BCUT2D eigenvalue weighted by atomic mass is 16.5. The van der Waals surface area contributed by atoms with E-state index in [-0.39, 0.29) is 18.3 Å². The molecule has 66 valence electrons. The van der Waals surface area contributed by atoms with Crippen molar-refractivity contribution in [3.8, 4) is 0 Å². The summed E-state index contributed by atoms with van der Waals surface area (Å²) < 4.78 is 10.3. The van der Waals surface area contributed by atoms with Gasteiger partial charge in [-0.1, -0.05) is 0 Å². The molecule has 1 N–H and O–H groups in total. The highest BCUT2D eigenvalue weighted by Crippen LogP contribution is 2.22. The Kier molecular flexibility index (Phi) is 3.30. The fourth-order valence-corrected chi connectivity index (χ4v) is 1.57. The number of hydrogen-bond donors (Lipinski definition) is 1. The van der Waals surface area contributed by atoms with Gasteiger partial charge in [0.25, 0.3) is 0 Å². The van der Waals surface area contributed by atoms with Crippen molar-refractivity contribution in [2.24, 2.45) is 0 Å². The van der Waals surface area contributed by atoms with E-state index < -0.39 is 0 Å². The maximum Gasteiger partial charge on any atom is 0.0620 e. The van der Waals surface area contributed by atoms with E-state index in [1.165, 1.54) is 0 Å². The molecule has 0 saturated heterocycles. The molecule has 1 aliphatic rings. The molecular weight excluding hydrogens is 144 g/mol. The third-order valence-electron chi connectivity index (χ3n) is 2.26. The van der Waals surface area contributed by atoms with Crippen LogP contribution in [0.15, 0.2) is 0 Å².